The summed E-state index contributed by atoms with van der Waals surface area (Å²) in [6.45, 7) is 6.69. The first-order valence-corrected chi connectivity index (χ1v) is 10.2. The van der Waals surface area contributed by atoms with Crippen molar-refractivity contribution in [2.75, 3.05) is 20.0 Å². The number of hydrogen-bond donors (Lipinski definition) is 0. The van der Waals surface area contributed by atoms with Gasteiger partial charge in [0.2, 0.25) is 0 Å². The zero-order valence-electron chi connectivity index (χ0n) is 13.4. The molecule has 4 aromatic carbocycles. The fourth-order valence-corrected chi connectivity index (χ4v) is 2.70. The Morgan fingerprint density at radius 1 is 0.500 bits per heavy atom. The van der Waals surface area contributed by atoms with Crippen LogP contribution in [0.2, 0.25) is 0 Å². The van der Waals surface area contributed by atoms with Gasteiger partial charge in [-0.05, 0) is 64.4 Å². The molecule has 4 aromatic rings. The third-order valence-electron chi connectivity index (χ3n) is 3.61. The van der Waals surface area contributed by atoms with Crippen molar-refractivity contribution < 1.29 is 0 Å². The molecule has 0 aromatic heterocycles. The molecule has 4 rings (SSSR count). The van der Waals surface area contributed by atoms with Crippen molar-refractivity contribution in [3.05, 3.63) is 72.8 Å². The number of hydrogen-bond acceptors (Lipinski definition) is 0. The summed E-state index contributed by atoms with van der Waals surface area (Å²) in [7, 11) is 0.380. The Kier molecular flexibility index (Phi) is 4.41. The molecule has 0 nitrogen and oxygen atoms in total. The van der Waals surface area contributed by atoms with Gasteiger partial charge in [-0.25, -0.2) is 0 Å². The van der Waals surface area contributed by atoms with Crippen LogP contribution in [0.25, 0.3) is 32.3 Å². The van der Waals surface area contributed by atoms with Crippen LogP contribution in [0.15, 0.2) is 72.8 Å². The highest BCUT2D eigenvalue weighted by molar-refractivity contribution is 7.55. The van der Waals surface area contributed by atoms with Crippen molar-refractivity contribution in [2.24, 2.45) is 0 Å². The Morgan fingerprint density at radius 2 is 1.00 bits per heavy atom. The van der Waals surface area contributed by atoms with Crippen LogP contribution in [0, 0.1) is 0 Å². The molecule has 0 amide bonds. The van der Waals surface area contributed by atoms with Crippen LogP contribution < -0.4 is 0 Å². The first kappa shape index (κ1) is 15.0. The number of benzene rings is 4. The van der Waals surface area contributed by atoms with E-state index in [1.165, 1.54) is 32.3 Å². The standard InChI is InChI=1S/C18H12.C3H9P/c1-2-7-15-12-18-16(11-14(15)6-1)10-9-13-5-3-4-8-17(13)18;1-4(2)3/h1-12H;1-3H3. The SMILES string of the molecule is CP(C)C.c1ccc2cc3c(ccc4ccccc43)cc2c1. The fraction of sp³-hybridized carbons (Fsp3) is 0.143. The van der Waals surface area contributed by atoms with E-state index >= 15 is 0 Å². The maximum Gasteiger partial charge on any atom is -0.00990 e. The Balaban J connectivity index is 0.000000325. The van der Waals surface area contributed by atoms with Crippen LogP contribution in [0.3, 0.4) is 0 Å². The quantitative estimate of drug-likeness (QED) is 0.197. The van der Waals surface area contributed by atoms with Gasteiger partial charge in [0.25, 0.3) is 0 Å². The molecule has 1 heteroatoms. The molecule has 0 aliphatic carbocycles. The van der Waals surface area contributed by atoms with Crippen molar-refractivity contribution in [1.82, 2.24) is 0 Å². The van der Waals surface area contributed by atoms with Crippen LogP contribution in [-0.2, 0) is 0 Å². The van der Waals surface area contributed by atoms with Crippen molar-refractivity contribution in [2.45, 2.75) is 0 Å². The lowest BCUT2D eigenvalue weighted by atomic mass is 9.98. The fourth-order valence-electron chi connectivity index (χ4n) is 2.70. The van der Waals surface area contributed by atoms with Gasteiger partial charge in [0.05, 0.1) is 0 Å². The Bertz CT molecular complexity index is 914. The topological polar surface area (TPSA) is 0 Å². The summed E-state index contributed by atoms with van der Waals surface area (Å²) in [6, 6.07) is 26.1. The van der Waals surface area contributed by atoms with E-state index in [1.807, 2.05) is 0 Å². The monoisotopic (exact) mass is 304 g/mol. The second kappa shape index (κ2) is 6.46. The summed E-state index contributed by atoms with van der Waals surface area (Å²) in [5.74, 6) is 0. The third-order valence-corrected chi connectivity index (χ3v) is 3.61. The molecule has 0 radical (unpaired) electrons. The average Bonchev–Trinajstić information content (AvgIpc) is 2.52. The lowest BCUT2D eigenvalue weighted by molar-refractivity contribution is 1.77. The summed E-state index contributed by atoms with van der Waals surface area (Å²) in [6.07, 6.45) is 0. The normalized spacial score (nSPS) is 10.9. The first-order chi connectivity index (χ1) is 10.6. The predicted octanol–water partition coefficient (Wildman–Crippen LogP) is 6.50. The molecule has 0 saturated carbocycles. The zero-order chi connectivity index (χ0) is 15.5. The lowest BCUT2D eigenvalue weighted by Gasteiger charge is -2.06. The summed E-state index contributed by atoms with van der Waals surface area (Å²) >= 11 is 0. The minimum Gasteiger partial charge on any atom is -0.116 e. The van der Waals surface area contributed by atoms with Crippen LogP contribution in [0.5, 0.6) is 0 Å². The molecule has 0 saturated heterocycles. The largest absolute Gasteiger partial charge is 0.116 e. The highest BCUT2D eigenvalue weighted by atomic mass is 31.1. The summed E-state index contributed by atoms with van der Waals surface area (Å²) in [5, 5.41) is 7.90. The van der Waals surface area contributed by atoms with E-state index in [1.54, 1.807) is 0 Å². The average molecular weight is 304 g/mol. The maximum absolute atomic E-state index is 2.30. The van der Waals surface area contributed by atoms with E-state index in [0.29, 0.717) is 7.92 Å². The zero-order valence-corrected chi connectivity index (χ0v) is 14.3. The molecule has 0 bridgehead atoms. The molecule has 0 atom stereocenters. The molecule has 0 unspecified atom stereocenters. The van der Waals surface area contributed by atoms with Crippen LogP contribution in [-0.4, -0.2) is 20.0 Å². The van der Waals surface area contributed by atoms with Crippen molar-refractivity contribution in [1.29, 1.82) is 0 Å². The lowest BCUT2D eigenvalue weighted by Crippen LogP contribution is -1.79. The molecular weight excluding hydrogens is 283 g/mol. The Morgan fingerprint density at radius 3 is 1.68 bits per heavy atom. The highest BCUT2D eigenvalue weighted by Crippen LogP contribution is 2.29. The van der Waals surface area contributed by atoms with Gasteiger partial charge in [0, 0.05) is 0 Å². The predicted molar refractivity (Wildman–Crippen MR) is 104 cm³/mol. The maximum atomic E-state index is 2.30. The van der Waals surface area contributed by atoms with E-state index in [2.05, 4.69) is 92.8 Å². The summed E-state index contributed by atoms with van der Waals surface area (Å²) in [5.41, 5.74) is 0. The number of fused-ring (bicyclic) bond motifs is 4. The van der Waals surface area contributed by atoms with Crippen molar-refractivity contribution in [3.8, 4) is 0 Å². The molecule has 110 valence electrons. The molecule has 0 fully saturated rings. The molecule has 0 aliphatic rings. The van der Waals surface area contributed by atoms with E-state index in [9.17, 15) is 0 Å². The third kappa shape index (κ3) is 3.13. The van der Waals surface area contributed by atoms with Gasteiger partial charge in [-0.1, -0.05) is 60.7 Å². The number of rotatable bonds is 0. The first-order valence-electron chi connectivity index (χ1n) is 7.56. The summed E-state index contributed by atoms with van der Waals surface area (Å²) in [4.78, 5) is 0. The molecular formula is C21H21P. The molecule has 0 spiro atoms. The van der Waals surface area contributed by atoms with Crippen LogP contribution >= 0.6 is 7.92 Å². The molecule has 0 N–H and O–H groups in total. The molecule has 0 heterocycles. The van der Waals surface area contributed by atoms with E-state index in [-0.39, 0.29) is 0 Å². The van der Waals surface area contributed by atoms with Gasteiger partial charge in [-0.2, -0.15) is 0 Å². The molecule has 0 aliphatic heterocycles. The van der Waals surface area contributed by atoms with E-state index in [4.69, 9.17) is 0 Å². The minimum atomic E-state index is 0.380. The smallest absolute Gasteiger partial charge is 0.00990 e. The molecule has 22 heavy (non-hydrogen) atoms. The van der Waals surface area contributed by atoms with Crippen molar-refractivity contribution >= 4 is 40.2 Å². The van der Waals surface area contributed by atoms with Gasteiger partial charge in [0.1, 0.15) is 0 Å². The van der Waals surface area contributed by atoms with E-state index < -0.39 is 0 Å². The van der Waals surface area contributed by atoms with Gasteiger partial charge in [-0.15, -0.1) is 7.92 Å². The Hall–Kier alpha value is -1.91. The second-order valence-corrected chi connectivity index (χ2v) is 8.73. The Labute approximate surface area is 133 Å². The second-order valence-electron chi connectivity index (χ2n) is 6.05. The van der Waals surface area contributed by atoms with Gasteiger partial charge < -0.3 is 0 Å². The summed E-state index contributed by atoms with van der Waals surface area (Å²) < 4.78 is 0. The van der Waals surface area contributed by atoms with Gasteiger partial charge in [-0.3, -0.25) is 0 Å². The van der Waals surface area contributed by atoms with Crippen LogP contribution in [0.1, 0.15) is 0 Å². The minimum absolute atomic E-state index is 0.380. The van der Waals surface area contributed by atoms with Gasteiger partial charge >= 0.3 is 0 Å². The highest BCUT2D eigenvalue weighted by Gasteiger charge is 2.01. The van der Waals surface area contributed by atoms with E-state index in [0.717, 1.165) is 0 Å². The van der Waals surface area contributed by atoms with Crippen molar-refractivity contribution in [3.63, 3.8) is 0 Å². The van der Waals surface area contributed by atoms with Gasteiger partial charge in [0.15, 0.2) is 0 Å². The van der Waals surface area contributed by atoms with Crippen LogP contribution in [0.4, 0.5) is 0 Å².